The zero-order valence-electron chi connectivity index (χ0n) is 14.0. The summed E-state index contributed by atoms with van der Waals surface area (Å²) in [5.41, 5.74) is 2.21. The summed E-state index contributed by atoms with van der Waals surface area (Å²) in [6.45, 7) is 3.97. The van der Waals surface area contributed by atoms with E-state index < -0.39 is 11.8 Å². The van der Waals surface area contributed by atoms with Gasteiger partial charge in [0.25, 0.3) is 11.8 Å². The van der Waals surface area contributed by atoms with Gasteiger partial charge in [-0.15, -0.1) is 0 Å². The lowest BCUT2D eigenvalue weighted by Gasteiger charge is -2.18. The Kier molecular flexibility index (Phi) is 5.23. The van der Waals surface area contributed by atoms with Crippen molar-refractivity contribution in [1.29, 1.82) is 0 Å². The van der Waals surface area contributed by atoms with E-state index >= 15 is 0 Å². The van der Waals surface area contributed by atoms with Crippen LogP contribution in [-0.4, -0.2) is 25.5 Å². The number of halogens is 1. The number of carbonyl (C=O) groups excluding carboxylic acids is 2. The molecular formula is C20H16BrNO4. The van der Waals surface area contributed by atoms with Gasteiger partial charge in [-0.3, -0.25) is 14.9 Å². The maximum Gasteiger partial charge on any atom is 0.258 e. The molecule has 2 aromatic rings. The number of rotatable bonds is 5. The van der Waals surface area contributed by atoms with E-state index in [0.717, 1.165) is 5.56 Å². The lowest BCUT2D eigenvalue weighted by atomic mass is 9.93. The van der Waals surface area contributed by atoms with Gasteiger partial charge in [0.05, 0.1) is 11.6 Å². The standard InChI is InChI=1S/C20H16BrNO4/c1-3-8-26-18-16(21)10-12(11-17(18)25-2)9-15-13-6-4-5-7-14(13)19(23)22-20(15)24/h3-7,9-11H,1,8H2,2H3,(H,22,23,24)/b15-9-. The van der Waals surface area contributed by atoms with Crippen molar-refractivity contribution < 1.29 is 19.1 Å². The fraction of sp³-hybridized carbons (Fsp3) is 0.100. The first-order chi connectivity index (χ1) is 12.5. The minimum absolute atomic E-state index is 0.341. The number of hydrogen-bond donors (Lipinski definition) is 1. The van der Waals surface area contributed by atoms with Crippen molar-refractivity contribution in [1.82, 2.24) is 5.32 Å². The second-order valence-electron chi connectivity index (χ2n) is 5.52. The van der Waals surface area contributed by atoms with E-state index in [1.54, 1.807) is 49.6 Å². The second kappa shape index (κ2) is 7.58. The number of nitrogens with one attached hydrogen (secondary N) is 1. The summed E-state index contributed by atoms with van der Waals surface area (Å²) in [5, 5.41) is 2.36. The first-order valence-corrected chi connectivity index (χ1v) is 8.62. The molecule has 0 aliphatic carbocycles. The van der Waals surface area contributed by atoms with Gasteiger partial charge in [0.1, 0.15) is 6.61 Å². The maximum atomic E-state index is 12.3. The molecule has 0 radical (unpaired) electrons. The van der Waals surface area contributed by atoms with Gasteiger partial charge in [0.2, 0.25) is 0 Å². The molecule has 1 aliphatic heterocycles. The zero-order valence-corrected chi connectivity index (χ0v) is 15.6. The van der Waals surface area contributed by atoms with Crippen molar-refractivity contribution in [2.24, 2.45) is 0 Å². The summed E-state index contributed by atoms with van der Waals surface area (Å²) >= 11 is 3.47. The van der Waals surface area contributed by atoms with E-state index in [1.807, 2.05) is 6.07 Å². The van der Waals surface area contributed by atoms with Crippen LogP contribution in [0, 0.1) is 0 Å². The summed E-state index contributed by atoms with van der Waals surface area (Å²) in [5.74, 6) is 0.248. The van der Waals surface area contributed by atoms with E-state index in [9.17, 15) is 9.59 Å². The van der Waals surface area contributed by atoms with Crippen molar-refractivity contribution in [3.05, 3.63) is 70.2 Å². The molecule has 1 heterocycles. The van der Waals surface area contributed by atoms with Crippen LogP contribution in [0.1, 0.15) is 21.5 Å². The van der Waals surface area contributed by atoms with Crippen LogP contribution >= 0.6 is 15.9 Å². The van der Waals surface area contributed by atoms with Crippen molar-refractivity contribution in [3.63, 3.8) is 0 Å². The average Bonchev–Trinajstić information content (AvgIpc) is 2.64. The van der Waals surface area contributed by atoms with Crippen LogP contribution in [-0.2, 0) is 4.79 Å². The van der Waals surface area contributed by atoms with E-state index in [1.165, 1.54) is 0 Å². The predicted molar refractivity (Wildman–Crippen MR) is 103 cm³/mol. The van der Waals surface area contributed by atoms with Crippen LogP contribution in [0.15, 0.2) is 53.5 Å². The third kappa shape index (κ3) is 3.41. The van der Waals surface area contributed by atoms with E-state index in [2.05, 4.69) is 27.8 Å². The van der Waals surface area contributed by atoms with Gasteiger partial charge >= 0.3 is 0 Å². The molecule has 132 valence electrons. The van der Waals surface area contributed by atoms with Crippen LogP contribution < -0.4 is 14.8 Å². The van der Waals surface area contributed by atoms with E-state index in [0.29, 0.717) is 39.3 Å². The summed E-state index contributed by atoms with van der Waals surface area (Å²) in [6, 6.07) is 10.6. The fourth-order valence-electron chi connectivity index (χ4n) is 2.69. The molecule has 0 spiro atoms. The zero-order chi connectivity index (χ0) is 18.7. The Labute approximate surface area is 159 Å². The molecule has 0 saturated carbocycles. The topological polar surface area (TPSA) is 64.6 Å². The quantitative estimate of drug-likeness (QED) is 0.459. The maximum absolute atomic E-state index is 12.3. The Bertz CT molecular complexity index is 933. The Morgan fingerprint density at radius 2 is 1.88 bits per heavy atom. The third-order valence-electron chi connectivity index (χ3n) is 3.84. The van der Waals surface area contributed by atoms with Gasteiger partial charge in [0, 0.05) is 11.1 Å². The van der Waals surface area contributed by atoms with Gasteiger partial charge < -0.3 is 9.47 Å². The molecule has 0 atom stereocenters. The van der Waals surface area contributed by atoms with Crippen LogP contribution in [0.25, 0.3) is 11.6 Å². The lowest BCUT2D eigenvalue weighted by Crippen LogP contribution is -2.36. The largest absolute Gasteiger partial charge is 0.493 e. The number of methoxy groups -OCH3 is 1. The van der Waals surface area contributed by atoms with Crippen molar-refractivity contribution in [2.45, 2.75) is 0 Å². The average molecular weight is 414 g/mol. The number of fused-ring (bicyclic) bond motifs is 1. The van der Waals surface area contributed by atoms with Crippen molar-refractivity contribution in [2.75, 3.05) is 13.7 Å². The van der Waals surface area contributed by atoms with Gasteiger partial charge in [-0.2, -0.15) is 0 Å². The Morgan fingerprint density at radius 3 is 2.58 bits per heavy atom. The Hall–Kier alpha value is -2.86. The first kappa shape index (κ1) is 17.9. The molecule has 6 heteroatoms. The summed E-state index contributed by atoms with van der Waals surface area (Å²) in [4.78, 5) is 24.3. The molecule has 0 saturated heterocycles. The molecule has 0 bridgehead atoms. The van der Waals surface area contributed by atoms with Gasteiger partial charge in [-0.25, -0.2) is 0 Å². The number of hydrogen-bond acceptors (Lipinski definition) is 4. The number of imide groups is 1. The number of carbonyl (C=O) groups is 2. The minimum atomic E-state index is -0.434. The second-order valence-corrected chi connectivity index (χ2v) is 6.37. The molecule has 0 unspecified atom stereocenters. The predicted octanol–water partition coefficient (Wildman–Crippen LogP) is 3.83. The number of amides is 2. The molecule has 26 heavy (non-hydrogen) atoms. The summed E-state index contributed by atoms with van der Waals surface area (Å²) in [7, 11) is 1.54. The smallest absolute Gasteiger partial charge is 0.258 e. The molecule has 1 N–H and O–H groups in total. The normalized spacial score (nSPS) is 14.6. The Balaban J connectivity index is 2.08. The molecule has 0 fully saturated rings. The monoisotopic (exact) mass is 413 g/mol. The molecule has 3 rings (SSSR count). The van der Waals surface area contributed by atoms with Crippen molar-refractivity contribution >= 4 is 39.4 Å². The molecule has 0 aromatic heterocycles. The molecule has 1 aliphatic rings. The van der Waals surface area contributed by atoms with Crippen LogP contribution in [0.2, 0.25) is 0 Å². The van der Waals surface area contributed by atoms with Crippen molar-refractivity contribution in [3.8, 4) is 11.5 Å². The SMILES string of the molecule is C=CCOc1c(Br)cc(/C=C2\C(=O)NC(=O)c3ccccc32)cc1OC. The molecule has 5 nitrogen and oxygen atoms in total. The highest BCUT2D eigenvalue weighted by atomic mass is 79.9. The highest BCUT2D eigenvalue weighted by Gasteiger charge is 2.26. The number of benzene rings is 2. The van der Waals surface area contributed by atoms with Crippen LogP contribution in [0.5, 0.6) is 11.5 Å². The van der Waals surface area contributed by atoms with Gasteiger partial charge in [-0.1, -0.05) is 30.9 Å². The highest BCUT2D eigenvalue weighted by molar-refractivity contribution is 9.10. The molecule has 2 amide bonds. The van der Waals surface area contributed by atoms with Crippen LogP contribution in [0.4, 0.5) is 0 Å². The number of ether oxygens (including phenoxy) is 2. The summed E-state index contributed by atoms with van der Waals surface area (Å²) < 4.78 is 11.7. The first-order valence-electron chi connectivity index (χ1n) is 7.83. The molecule has 2 aromatic carbocycles. The summed E-state index contributed by atoms with van der Waals surface area (Å²) in [6.07, 6.45) is 3.35. The van der Waals surface area contributed by atoms with Gasteiger partial charge in [0.15, 0.2) is 11.5 Å². The fourth-order valence-corrected chi connectivity index (χ4v) is 3.27. The van der Waals surface area contributed by atoms with E-state index in [-0.39, 0.29) is 0 Å². The minimum Gasteiger partial charge on any atom is -0.493 e. The van der Waals surface area contributed by atoms with Gasteiger partial charge in [-0.05, 0) is 51.3 Å². The molecular weight excluding hydrogens is 398 g/mol. The Morgan fingerprint density at radius 1 is 1.15 bits per heavy atom. The van der Waals surface area contributed by atoms with Crippen LogP contribution in [0.3, 0.4) is 0 Å². The van der Waals surface area contributed by atoms with E-state index in [4.69, 9.17) is 9.47 Å². The lowest BCUT2D eigenvalue weighted by molar-refractivity contribution is -0.114. The highest BCUT2D eigenvalue weighted by Crippen LogP contribution is 2.38. The third-order valence-corrected chi connectivity index (χ3v) is 4.43.